The summed E-state index contributed by atoms with van der Waals surface area (Å²) in [5.41, 5.74) is -0.636. The van der Waals surface area contributed by atoms with Gasteiger partial charge in [-0.05, 0) is 20.8 Å². The number of rotatable bonds is 6. The number of hydrogen-bond donors (Lipinski definition) is 2. The molecule has 8 nitrogen and oxygen atoms in total. The molecule has 1 saturated heterocycles. The van der Waals surface area contributed by atoms with Crippen LogP contribution in [-0.4, -0.2) is 77.7 Å². The summed E-state index contributed by atoms with van der Waals surface area (Å²) < 4.78 is 5.22. The van der Waals surface area contributed by atoms with Crippen molar-refractivity contribution in [3.05, 3.63) is 0 Å². The van der Waals surface area contributed by atoms with Gasteiger partial charge in [-0.2, -0.15) is 0 Å². The topological polar surface area (TPSA) is 99.2 Å². The first-order valence-corrected chi connectivity index (χ1v) is 6.84. The monoisotopic (exact) mass is 301 g/mol. The maximum absolute atomic E-state index is 11.9. The molecule has 1 aliphatic heterocycles. The Morgan fingerprint density at radius 2 is 2.00 bits per heavy atom. The van der Waals surface area contributed by atoms with Crippen LogP contribution in [-0.2, 0) is 14.3 Å². The second kappa shape index (κ2) is 6.75. The number of nitrogens with one attached hydrogen (secondary N) is 1. The molecule has 0 aliphatic carbocycles. The number of carbonyl (C=O) groups is 3. The predicted molar refractivity (Wildman–Crippen MR) is 74.9 cm³/mol. The van der Waals surface area contributed by atoms with E-state index >= 15 is 0 Å². The first-order valence-electron chi connectivity index (χ1n) is 6.84. The van der Waals surface area contributed by atoms with E-state index < -0.39 is 17.6 Å². The third-order valence-corrected chi connectivity index (χ3v) is 3.44. The number of aliphatic carboxylic acids is 1. The van der Waals surface area contributed by atoms with Crippen LogP contribution in [0.15, 0.2) is 0 Å². The molecule has 3 amide bonds. The van der Waals surface area contributed by atoms with Crippen molar-refractivity contribution in [2.75, 3.05) is 33.3 Å². The molecule has 0 saturated carbocycles. The third kappa shape index (κ3) is 4.59. The predicted octanol–water partition coefficient (Wildman–Crippen LogP) is -0.262. The van der Waals surface area contributed by atoms with E-state index in [1.807, 2.05) is 6.92 Å². The van der Waals surface area contributed by atoms with Crippen molar-refractivity contribution in [2.45, 2.75) is 32.4 Å². The van der Waals surface area contributed by atoms with Gasteiger partial charge in [0.15, 0.2) is 0 Å². The van der Waals surface area contributed by atoms with E-state index in [-0.39, 0.29) is 18.5 Å². The van der Waals surface area contributed by atoms with Gasteiger partial charge in [-0.3, -0.25) is 4.79 Å². The number of ether oxygens (including phenoxy) is 1. The van der Waals surface area contributed by atoms with Crippen LogP contribution < -0.4 is 5.32 Å². The molecule has 1 rings (SSSR count). The minimum atomic E-state index is -1.04. The van der Waals surface area contributed by atoms with Crippen molar-refractivity contribution in [3.8, 4) is 0 Å². The summed E-state index contributed by atoms with van der Waals surface area (Å²) in [4.78, 5) is 37.3. The molecule has 2 N–H and O–H groups in total. The quantitative estimate of drug-likeness (QED) is 0.704. The molecule has 0 aromatic carbocycles. The van der Waals surface area contributed by atoms with E-state index in [4.69, 9.17) is 9.84 Å². The minimum absolute atomic E-state index is 0.156. The molecular formula is C13H23N3O5. The lowest BCUT2D eigenvalue weighted by molar-refractivity contribution is -0.159. The molecule has 1 fully saturated rings. The Morgan fingerprint density at radius 3 is 2.48 bits per heavy atom. The van der Waals surface area contributed by atoms with Crippen LogP contribution >= 0.6 is 0 Å². The lowest BCUT2D eigenvalue weighted by atomic mass is 9.97. The molecule has 1 unspecified atom stereocenters. The fourth-order valence-electron chi connectivity index (χ4n) is 2.06. The van der Waals surface area contributed by atoms with Crippen LogP contribution in [0, 0.1) is 0 Å². The molecule has 1 atom stereocenters. The van der Waals surface area contributed by atoms with E-state index in [0.717, 1.165) is 0 Å². The van der Waals surface area contributed by atoms with E-state index in [9.17, 15) is 14.4 Å². The number of nitrogens with zero attached hydrogens (tertiary/aromatic N) is 2. The number of amides is 3. The van der Waals surface area contributed by atoms with Crippen LogP contribution in [0.25, 0.3) is 0 Å². The fraction of sp³-hybridized carbons (Fsp3) is 0.769. The summed E-state index contributed by atoms with van der Waals surface area (Å²) in [5, 5.41) is 11.2. The molecule has 21 heavy (non-hydrogen) atoms. The highest BCUT2D eigenvalue weighted by atomic mass is 16.5. The molecule has 1 aliphatic rings. The molecule has 0 radical (unpaired) electrons. The zero-order chi connectivity index (χ0) is 16.2. The summed E-state index contributed by atoms with van der Waals surface area (Å²) in [7, 11) is 1.67. The average molecular weight is 301 g/mol. The van der Waals surface area contributed by atoms with Crippen LogP contribution in [0.2, 0.25) is 0 Å². The lowest BCUT2D eigenvalue weighted by Crippen LogP contribution is -2.66. The smallest absolute Gasteiger partial charge is 0.329 e. The maximum Gasteiger partial charge on any atom is 0.329 e. The summed E-state index contributed by atoms with van der Waals surface area (Å²) >= 11 is 0. The fourth-order valence-corrected chi connectivity index (χ4v) is 2.06. The number of likely N-dealkylation sites (tertiary alicyclic amines) is 1. The Bertz CT molecular complexity index is 420. The van der Waals surface area contributed by atoms with Crippen LogP contribution in [0.3, 0.4) is 0 Å². The number of carbonyl (C=O) groups excluding carboxylic acids is 2. The second-order valence-electron chi connectivity index (χ2n) is 5.51. The van der Waals surface area contributed by atoms with Crippen molar-refractivity contribution in [1.82, 2.24) is 15.1 Å². The number of carboxylic acids is 1. The summed E-state index contributed by atoms with van der Waals surface area (Å²) in [6.45, 7) is 6.03. The maximum atomic E-state index is 11.9. The SMILES string of the molecule is CCN(C)C(=O)C(C)NC(=O)N1CC(C)(OCC(=O)O)C1. The Balaban J connectivity index is 2.39. The van der Waals surface area contributed by atoms with Gasteiger partial charge in [0, 0.05) is 13.6 Å². The summed E-state index contributed by atoms with van der Waals surface area (Å²) in [6, 6.07) is -0.953. The number of urea groups is 1. The van der Waals surface area contributed by atoms with Gasteiger partial charge in [0.25, 0.3) is 0 Å². The van der Waals surface area contributed by atoms with Crippen molar-refractivity contribution in [1.29, 1.82) is 0 Å². The first kappa shape index (κ1) is 17.2. The van der Waals surface area contributed by atoms with Crippen molar-refractivity contribution >= 4 is 17.9 Å². The second-order valence-corrected chi connectivity index (χ2v) is 5.51. The van der Waals surface area contributed by atoms with Crippen LogP contribution in [0.4, 0.5) is 4.79 Å². The van der Waals surface area contributed by atoms with E-state index in [1.54, 1.807) is 20.9 Å². The number of hydrogen-bond acceptors (Lipinski definition) is 4. The lowest BCUT2D eigenvalue weighted by Gasteiger charge is -2.47. The van der Waals surface area contributed by atoms with Crippen LogP contribution in [0.1, 0.15) is 20.8 Å². The van der Waals surface area contributed by atoms with Gasteiger partial charge in [0.2, 0.25) is 5.91 Å². The van der Waals surface area contributed by atoms with E-state index in [1.165, 1.54) is 9.80 Å². The molecule has 0 bridgehead atoms. The van der Waals surface area contributed by atoms with E-state index in [0.29, 0.717) is 19.6 Å². The summed E-state index contributed by atoms with van der Waals surface area (Å²) in [5.74, 6) is -1.20. The molecule has 0 spiro atoms. The van der Waals surface area contributed by atoms with Crippen molar-refractivity contribution < 1.29 is 24.2 Å². The van der Waals surface area contributed by atoms with Crippen molar-refractivity contribution in [2.24, 2.45) is 0 Å². The standard InChI is InChI=1S/C13H23N3O5/c1-5-15(4)11(19)9(2)14-12(20)16-7-13(3,8-16)21-6-10(17)18/h9H,5-8H2,1-4H3,(H,14,20)(H,17,18). The highest BCUT2D eigenvalue weighted by Gasteiger charge is 2.43. The van der Waals surface area contributed by atoms with Gasteiger partial charge in [-0.1, -0.05) is 0 Å². The minimum Gasteiger partial charge on any atom is -0.480 e. The molecule has 0 aromatic rings. The Labute approximate surface area is 124 Å². The highest BCUT2D eigenvalue weighted by molar-refractivity contribution is 5.86. The van der Waals surface area contributed by atoms with Gasteiger partial charge in [-0.25, -0.2) is 9.59 Å². The van der Waals surface area contributed by atoms with Gasteiger partial charge in [-0.15, -0.1) is 0 Å². The van der Waals surface area contributed by atoms with Gasteiger partial charge in [0.1, 0.15) is 18.2 Å². The highest BCUT2D eigenvalue weighted by Crippen LogP contribution is 2.24. The Morgan fingerprint density at radius 1 is 1.43 bits per heavy atom. The average Bonchev–Trinajstić information content (AvgIpc) is 2.39. The summed E-state index contributed by atoms with van der Waals surface area (Å²) in [6.07, 6.45) is 0. The number of likely N-dealkylation sites (N-methyl/N-ethyl adjacent to an activating group) is 1. The first-order chi connectivity index (χ1) is 9.68. The molecule has 120 valence electrons. The van der Waals surface area contributed by atoms with E-state index in [2.05, 4.69) is 5.32 Å². The van der Waals surface area contributed by atoms with Crippen LogP contribution in [0.5, 0.6) is 0 Å². The zero-order valence-corrected chi connectivity index (χ0v) is 12.9. The zero-order valence-electron chi connectivity index (χ0n) is 12.9. The molecule has 8 heteroatoms. The third-order valence-electron chi connectivity index (χ3n) is 3.44. The Kier molecular flexibility index (Phi) is 5.54. The van der Waals surface area contributed by atoms with Gasteiger partial charge in [0.05, 0.1) is 13.1 Å². The van der Waals surface area contributed by atoms with Gasteiger partial charge >= 0.3 is 12.0 Å². The Hall–Kier alpha value is -1.83. The normalized spacial score (nSPS) is 17.6. The van der Waals surface area contributed by atoms with Crippen molar-refractivity contribution in [3.63, 3.8) is 0 Å². The molecule has 1 heterocycles. The number of carboxylic acid groups (broad SMARTS) is 1. The molecule has 0 aromatic heterocycles. The largest absolute Gasteiger partial charge is 0.480 e. The van der Waals surface area contributed by atoms with Gasteiger partial charge < -0.3 is 25.0 Å². The molecular weight excluding hydrogens is 278 g/mol.